The molecule has 0 aliphatic heterocycles. The van der Waals surface area contributed by atoms with Crippen LogP contribution >= 0.6 is 0 Å². The highest BCUT2D eigenvalue weighted by Crippen LogP contribution is 2.22. The summed E-state index contributed by atoms with van der Waals surface area (Å²) < 4.78 is 0. The smallest absolute Gasteiger partial charge is 0.146 e. The van der Waals surface area contributed by atoms with Gasteiger partial charge in [-0.05, 0) is 30.4 Å². The average molecular weight is 136 g/mol. The lowest BCUT2D eigenvalue weighted by Gasteiger charge is -2.14. The highest BCUT2D eigenvalue weighted by Gasteiger charge is 2.11. The topological polar surface area (TPSA) is 17.1 Å². The van der Waals surface area contributed by atoms with Crippen LogP contribution in [0.4, 0.5) is 0 Å². The van der Waals surface area contributed by atoms with Crippen LogP contribution in [0.1, 0.15) is 20.3 Å². The fourth-order valence-electron chi connectivity index (χ4n) is 1.27. The Kier molecular flexibility index (Phi) is 2.05. The van der Waals surface area contributed by atoms with Crippen molar-refractivity contribution >= 4 is 6.29 Å². The minimum atomic E-state index is 0.419. The lowest BCUT2D eigenvalue weighted by atomic mass is 9.90. The van der Waals surface area contributed by atoms with Gasteiger partial charge in [0, 0.05) is 0 Å². The van der Waals surface area contributed by atoms with Gasteiger partial charge in [-0.3, -0.25) is 4.79 Å². The zero-order valence-electron chi connectivity index (χ0n) is 6.42. The van der Waals surface area contributed by atoms with E-state index < -0.39 is 0 Å². The number of rotatable bonds is 1. The maximum Gasteiger partial charge on any atom is 0.146 e. The van der Waals surface area contributed by atoms with Crippen LogP contribution in [0.3, 0.4) is 0 Å². The lowest BCUT2D eigenvalue weighted by Crippen LogP contribution is -2.05. The van der Waals surface area contributed by atoms with E-state index in [1.165, 1.54) is 0 Å². The summed E-state index contributed by atoms with van der Waals surface area (Å²) in [4.78, 5) is 10.5. The first-order valence-corrected chi connectivity index (χ1v) is 3.58. The van der Waals surface area contributed by atoms with Crippen molar-refractivity contribution in [3.05, 3.63) is 23.3 Å². The Bertz CT molecular complexity index is 199. The number of carbonyl (C=O) groups excluding carboxylic acids is 1. The molecular formula is C9H12O. The predicted octanol–water partition coefficient (Wildman–Crippen LogP) is 2.10. The standard InChI is InChI=1S/C9H12O/c1-7-4-3-5-8(2)9(7)6-10/h3-4,6,8H,5H2,1-2H3. The van der Waals surface area contributed by atoms with Crippen molar-refractivity contribution in [3.63, 3.8) is 0 Å². The molecule has 0 fully saturated rings. The SMILES string of the molecule is CC1=C(C=O)C(C)CC=C1. The average Bonchev–Trinajstić information content (AvgIpc) is 1.88. The van der Waals surface area contributed by atoms with Gasteiger partial charge in [0.2, 0.25) is 0 Å². The summed E-state index contributed by atoms with van der Waals surface area (Å²) in [7, 11) is 0. The quantitative estimate of drug-likeness (QED) is 0.504. The number of carbonyl (C=O) groups is 1. The van der Waals surface area contributed by atoms with Crippen LogP contribution in [0.15, 0.2) is 23.3 Å². The van der Waals surface area contributed by atoms with Gasteiger partial charge in [-0.25, -0.2) is 0 Å². The van der Waals surface area contributed by atoms with Crippen molar-refractivity contribution in [2.45, 2.75) is 20.3 Å². The van der Waals surface area contributed by atoms with Crippen molar-refractivity contribution in [2.75, 3.05) is 0 Å². The summed E-state index contributed by atoms with van der Waals surface area (Å²) in [5, 5.41) is 0. The van der Waals surface area contributed by atoms with E-state index in [1.807, 2.05) is 13.0 Å². The molecule has 54 valence electrons. The van der Waals surface area contributed by atoms with Gasteiger partial charge in [-0.1, -0.05) is 19.1 Å². The molecule has 1 aliphatic rings. The molecule has 1 atom stereocenters. The van der Waals surface area contributed by atoms with Crippen LogP contribution in [0.5, 0.6) is 0 Å². The summed E-state index contributed by atoms with van der Waals surface area (Å²) >= 11 is 0. The predicted molar refractivity (Wildman–Crippen MR) is 41.7 cm³/mol. The van der Waals surface area contributed by atoms with Gasteiger partial charge in [0.05, 0.1) is 0 Å². The first-order chi connectivity index (χ1) is 4.75. The van der Waals surface area contributed by atoms with Crippen LogP contribution < -0.4 is 0 Å². The zero-order chi connectivity index (χ0) is 7.56. The van der Waals surface area contributed by atoms with Crippen molar-refractivity contribution in [1.29, 1.82) is 0 Å². The van der Waals surface area contributed by atoms with E-state index in [1.54, 1.807) is 0 Å². The molecule has 0 aromatic carbocycles. The Morgan fingerprint density at radius 1 is 1.70 bits per heavy atom. The van der Waals surface area contributed by atoms with Crippen LogP contribution in [0.2, 0.25) is 0 Å². The van der Waals surface area contributed by atoms with Crippen LogP contribution in [-0.2, 0) is 4.79 Å². The molecule has 0 spiro atoms. The van der Waals surface area contributed by atoms with E-state index in [0.29, 0.717) is 5.92 Å². The highest BCUT2D eigenvalue weighted by molar-refractivity contribution is 5.76. The molecule has 0 bridgehead atoms. The van der Waals surface area contributed by atoms with Gasteiger partial charge in [-0.2, -0.15) is 0 Å². The normalized spacial score (nSPS) is 25.2. The van der Waals surface area contributed by atoms with E-state index in [-0.39, 0.29) is 0 Å². The van der Waals surface area contributed by atoms with Crippen molar-refractivity contribution < 1.29 is 4.79 Å². The number of allylic oxidation sites excluding steroid dienone is 4. The Balaban J connectivity index is 2.94. The number of hydrogen-bond donors (Lipinski definition) is 0. The summed E-state index contributed by atoms with van der Waals surface area (Å²) in [6, 6.07) is 0. The Morgan fingerprint density at radius 3 is 2.80 bits per heavy atom. The van der Waals surface area contributed by atoms with Gasteiger partial charge in [-0.15, -0.1) is 0 Å². The van der Waals surface area contributed by atoms with Crippen molar-refractivity contribution in [1.82, 2.24) is 0 Å². The third kappa shape index (κ3) is 1.18. The summed E-state index contributed by atoms with van der Waals surface area (Å²) in [5.41, 5.74) is 2.08. The molecule has 1 aliphatic carbocycles. The molecule has 10 heavy (non-hydrogen) atoms. The van der Waals surface area contributed by atoms with Gasteiger partial charge in [0.15, 0.2) is 0 Å². The maximum atomic E-state index is 10.5. The fourth-order valence-corrected chi connectivity index (χ4v) is 1.27. The van der Waals surface area contributed by atoms with Gasteiger partial charge >= 0.3 is 0 Å². The molecule has 0 aromatic heterocycles. The molecule has 0 heterocycles. The van der Waals surface area contributed by atoms with E-state index in [2.05, 4.69) is 13.0 Å². The summed E-state index contributed by atoms with van der Waals surface area (Å²) in [6.45, 7) is 4.06. The Hall–Kier alpha value is -0.850. The fraction of sp³-hybridized carbons (Fsp3) is 0.444. The number of hydrogen-bond acceptors (Lipinski definition) is 1. The van der Waals surface area contributed by atoms with E-state index >= 15 is 0 Å². The van der Waals surface area contributed by atoms with E-state index in [9.17, 15) is 4.79 Å². The Morgan fingerprint density at radius 2 is 2.40 bits per heavy atom. The lowest BCUT2D eigenvalue weighted by molar-refractivity contribution is -0.105. The third-order valence-corrected chi connectivity index (χ3v) is 1.97. The monoisotopic (exact) mass is 136 g/mol. The van der Waals surface area contributed by atoms with Crippen LogP contribution in [0, 0.1) is 5.92 Å². The second-order valence-corrected chi connectivity index (χ2v) is 2.80. The van der Waals surface area contributed by atoms with Crippen molar-refractivity contribution in [2.24, 2.45) is 5.92 Å². The largest absolute Gasteiger partial charge is 0.298 e. The molecule has 0 amide bonds. The zero-order valence-corrected chi connectivity index (χ0v) is 6.42. The molecule has 1 nitrogen and oxygen atoms in total. The third-order valence-electron chi connectivity index (χ3n) is 1.97. The molecule has 0 radical (unpaired) electrons. The molecule has 1 unspecified atom stereocenters. The molecule has 0 saturated heterocycles. The molecular weight excluding hydrogens is 124 g/mol. The minimum absolute atomic E-state index is 0.419. The van der Waals surface area contributed by atoms with Crippen molar-refractivity contribution in [3.8, 4) is 0 Å². The molecule has 1 heteroatoms. The minimum Gasteiger partial charge on any atom is -0.298 e. The second-order valence-electron chi connectivity index (χ2n) is 2.80. The summed E-state index contributed by atoms with van der Waals surface area (Å²) in [5.74, 6) is 0.419. The Labute approximate surface area is 61.4 Å². The van der Waals surface area contributed by atoms with Gasteiger partial charge in [0.1, 0.15) is 6.29 Å². The first-order valence-electron chi connectivity index (χ1n) is 3.58. The van der Waals surface area contributed by atoms with E-state index in [4.69, 9.17) is 0 Å². The molecule has 0 aromatic rings. The first kappa shape index (κ1) is 7.26. The number of aldehydes is 1. The van der Waals surface area contributed by atoms with E-state index in [0.717, 1.165) is 23.9 Å². The highest BCUT2D eigenvalue weighted by atomic mass is 16.1. The maximum absolute atomic E-state index is 10.5. The molecule has 0 N–H and O–H groups in total. The molecule has 1 rings (SSSR count). The summed E-state index contributed by atoms with van der Waals surface area (Å²) in [6.07, 6.45) is 6.12. The second kappa shape index (κ2) is 2.82. The molecule has 0 saturated carbocycles. The van der Waals surface area contributed by atoms with Gasteiger partial charge in [0.25, 0.3) is 0 Å². The van der Waals surface area contributed by atoms with Crippen LogP contribution in [-0.4, -0.2) is 6.29 Å². The van der Waals surface area contributed by atoms with Crippen LogP contribution in [0.25, 0.3) is 0 Å². The van der Waals surface area contributed by atoms with Gasteiger partial charge < -0.3 is 0 Å².